The van der Waals surface area contributed by atoms with Crippen LogP contribution < -0.4 is 0 Å². The smallest absolute Gasteiger partial charge is 0.320 e. The van der Waals surface area contributed by atoms with Gasteiger partial charge >= 0.3 is 5.97 Å². The Hall–Kier alpha value is -0.353. The molecular formula is C10H22O3Si. The summed E-state index contributed by atoms with van der Waals surface area (Å²) in [6, 6.07) is 0. The highest BCUT2D eigenvalue weighted by Crippen LogP contribution is 2.08. The van der Waals surface area contributed by atoms with Crippen LogP contribution in [0.3, 0.4) is 0 Å². The maximum Gasteiger partial charge on any atom is 0.320 e. The molecule has 0 aliphatic heterocycles. The molecule has 14 heavy (non-hydrogen) atoms. The number of hydrogen-bond acceptors (Lipinski definition) is 3. The third-order valence-corrected chi connectivity index (χ3v) is 2.71. The van der Waals surface area contributed by atoms with Crippen molar-refractivity contribution < 1.29 is 14.3 Å². The van der Waals surface area contributed by atoms with E-state index in [-0.39, 0.29) is 0 Å². The summed E-state index contributed by atoms with van der Waals surface area (Å²) in [5.74, 6) is -0.453. The van der Waals surface area contributed by atoms with Crippen LogP contribution in [0.4, 0.5) is 0 Å². The van der Waals surface area contributed by atoms with E-state index < -0.39 is 12.1 Å². The lowest BCUT2D eigenvalue weighted by Crippen LogP contribution is -2.21. The molecule has 1 atom stereocenters. The van der Waals surface area contributed by atoms with Crippen LogP contribution in [0.15, 0.2) is 0 Å². The predicted octanol–water partition coefficient (Wildman–Crippen LogP) is 0.921. The molecular weight excluding hydrogens is 196 g/mol. The summed E-state index contributed by atoms with van der Waals surface area (Å²) in [6.45, 7) is 2.19. The van der Waals surface area contributed by atoms with Gasteiger partial charge in [-0.05, 0) is 6.42 Å². The summed E-state index contributed by atoms with van der Waals surface area (Å²) in [4.78, 5) is 10.8. The van der Waals surface area contributed by atoms with Gasteiger partial charge in [0.1, 0.15) is 6.10 Å². The molecule has 0 aromatic rings. The van der Waals surface area contributed by atoms with Crippen LogP contribution in [0.2, 0.25) is 0 Å². The van der Waals surface area contributed by atoms with Crippen LogP contribution in [-0.4, -0.2) is 27.7 Å². The van der Waals surface area contributed by atoms with Gasteiger partial charge in [-0.1, -0.05) is 45.4 Å². The fourth-order valence-corrected chi connectivity index (χ4v) is 1.64. The topological polar surface area (TPSA) is 46.5 Å². The Balaban J connectivity index is 3.23. The maximum atomic E-state index is 10.8. The Morgan fingerprint density at radius 1 is 1.29 bits per heavy atom. The molecule has 0 aromatic heterocycles. The van der Waals surface area contributed by atoms with E-state index in [1.807, 2.05) is 0 Å². The number of hydrogen-bond donors (Lipinski definition) is 1. The second-order valence-electron chi connectivity index (χ2n) is 3.60. The Bertz CT molecular complexity index is 150. The average Bonchev–Trinajstić information content (AvgIpc) is 2.21. The van der Waals surface area contributed by atoms with Crippen LogP contribution >= 0.6 is 0 Å². The molecule has 0 heterocycles. The first-order chi connectivity index (χ1) is 6.72. The average molecular weight is 218 g/mol. The normalized spacial score (nSPS) is 12.7. The molecule has 4 heteroatoms. The first kappa shape index (κ1) is 13.6. The number of carbonyl (C=O) groups is 1. The Morgan fingerprint density at radius 3 is 2.43 bits per heavy atom. The Labute approximate surface area is 89.4 Å². The Morgan fingerprint density at radius 2 is 1.86 bits per heavy atom. The van der Waals surface area contributed by atoms with Gasteiger partial charge in [0.25, 0.3) is 0 Å². The summed E-state index contributed by atoms with van der Waals surface area (Å²) >= 11 is 0. The quantitative estimate of drug-likeness (QED) is 0.487. The molecule has 0 saturated heterocycles. The van der Waals surface area contributed by atoms with E-state index in [0.29, 0.717) is 16.9 Å². The number of unbranched alkanes of at least 4 members (excludes halogenated alkanes) is 5. The molecule has 0 aliphatic rings. The number of rotatable bonds is 8. The lowest BCUT2D eigenvalue weighted by Gasteiger charge is -2.07. The van der Waals surface area contributed by atoms with E-state index in [4.69, 9.17) is 0 Å². The number of aliphatic hydroxyl groups is 1. The van der Waals surface area contributed by atoms with Gasteiger partial charge in [-0.3, -0.25) is 4.79 Å². The molecule has 0 fully saturated rings. The van der Waals surface area contributed by atoms with Crippen LogP contribution in [0, 0.1) is 0 Å². The van der Waals surface area contributed by atoms with Gasteiger partial charge in [0.15, 0.2) is 0 Å². The van der Waals surface area contributed by atoms with E-state index in [9.17, 15) is 9.90 Å². The summed E-state index contributed by atoms with van der Waals surface area (Å²) in [6.07, 6.45) is 6.67. The van der Waals surface area contributed by atoms with Crippen molar-refractivity contribution in [2.45, 2.75) is 58.0 Å². The van der Waals surface area contributed by atoms with E-state index in [1.54, 1.807) is 0 Å². The fourth-order valence-electron chi connectivity index (χ4n) is 1.37. The van der Waals surface area contributed by atoms with Crippen molar-refractivity contribution >= 4 is 16.5 Å². The van der Waals surface area contributed by atoms with Crippen LogP contribution in [0.25, 0.3) is 0 Å². The van der Waals surface area contributed by atoms with Crippen LogP contribution in [0.1, 0.15) is 51.9 Å². The molecule has 0 saturated carbocycles. The first-order valence-corrected chi connectivity index (χ1v) is 6.30. The molecule has 0 amide bonds. The highest BCUT2D eigenvalue weighted by Gasteiger charge is 2.13. The molecule has 84 valence electrons. The van der Waals surface area contributed by atoms with Crippen molar-refractivity contribution in [1.82, 2.24) is 0 Å². The minimum Gasteiger partial charge on any atom is -0.527 e. The van der Waals surface area contributed by atoms with E-state index in [2.05, 4.69) is 11.3 Å². The van der Waals surface area contributed by atoms with Crippen molar-refractivity contribution in [3.05, 3.63) is 0 Å². The van der Waals surface area contributed by atoms with Gasteiger partial charge in [0.2, 0.25) is 10.5 Å². The molecule has 0 spiro atoms. The molecule has 0 radical (unpaired) electrons. The van der Waals surface area contributed by atoms with Crippen molar-refractivity contribution in [1.29, 1.82) is 0 Å². The van der Waals surface area contributed by atoms with E-state index in [1.165, 1.54) is 25.7 Å². The third kappa shape index (κ3) is 7.09. The monoisotopic (exact) mass is 218 g/mol. The van der Waals surface area contributed by atoms with Crippen LogP contribution in [0.5, 0.6) is 0 Å². The zero-order chi connectivity index (χ0) is 10.8. The molecule has 0 aromatic carbocycles. The highest BCUT2D eigenvalue weighted by molar-refractivity contribution is 6.06. The summed E-state index contributed by atoms with van der Waals surface area (Å²) in [5, 5.41) is 9.27. The second-order valence-corrected chi connectivity index (χ2v) is 4.00. The zero-order valence-electron chi connectivity index (χ0n) is 9.29. The van der Waals surface area contributed by atoms with Crippen LogP contribution in [-0.2, 0) is 9.22 Å². The zero-order valence-corrected chi connectivity index (χ0v) is 11.3. The second kappa shape index (κ2) is 9.21. The molecule has 1 N–H and O–H groups in total. The first-order valence-electron chi connectivity index (χ1n) is 5.48. The van der Waals surface area contributed by atoms with Gasteiger partial charge in [-0.2, -0.15) is 0 Å². The summed E-state index contributed by atoms with van der Waals surface area (Å²) in [7, 11) is 0.372. The lowest BCUT2D eigenvalue weighted by molar-refractivity contribution is -0.143. The van der Waals surface area contributed by atoms with E-state index in [0.717, 1.165) is 12.8 Å². The van der Waals surface area contributed by atoms with Gasteiger partial charge < -0.3 is 9.53 Å². The fraction of sp³-hybridized carbons (Fsp3) is 0.900. The minimum absolute atomic E-state index is 0.372. The van der Waals surface area contributed by atoms with Crippen molar-refractivity contribution in [2.24, 2.45) is 0 Å². The van der Waals surface area contributed by atoms with E-state index >= 15 is 0 Å². The summed E-state index contributed by atoms with van der Waals surface area (Å²) < 4.78 is 4.56. The molecule has 0 aliphatic carbocycles. The maximum absolute atomic E-state index is 10.8. The standard InChI is InChI=1S/C10H22O3Si/c1-2-3-4-5-6-7-8-9(11)10(12)13-14/h9,11H,2-8H2,1,14H3. The SMILES string of the molecule is CCCCCCCCC(O)C(=O)O[SiH3]. The third-order valence-electron chi connectivity index (χ3n) is 2.30. The van der Waals surface area contributed by atoms with Crippen molar-refractivity contribution in [3.8, 4) is 0 Å². The number of carbonyl (C=O) groups excluding carboxylic acids is 1. The van der Waals surface area contributed by atoms with Gasteiger partial charge in [0.05, 0.1) is 0 Å². The molecule has 3 nitrogen and oxygen atoms in total. The van der Waals surface area contributed by atoms with Gasteiger partial charge in [0, 0.05) is 0 Å². The predicted molar refractivity (Wildman–Crippen MR) is 60.0 cm³/mol. The molecule has 0 bridgehead atoms. The van der Waals surface area contributed by atoms with Crippen molar-refractivity contribution in [3.63, 3.8) is 0 Å². The molecule has 0 rings (SSSR count). The summed E-state index contributed by atoms with van der Waals surface area (Å²) in [5.41, 5.74) is 0. The Kier molecular flexibility index (Phi) is 8.98. The number of aliphatic hydroxyl groups excluding tert-OH is 1. The largest absolute Gasteiger partial charge is 0.527 e. The highest BCUT2D eigenvalue weighted by atomic mass is 28.2. The lowest BCUT2D eigenvalue weighted by atomic mass is 10.1. The van der Waals surface area contributed by atoms with Crippen molar-refractivity contribution in [2.75, 3.05) is 0 Å². The van der Waals surface area contributed by atoms with Gasteiger partial charge in [-0.15, -0.1) is 0 Å². The minimum atomic E-state index is -0.890. The van der Waals surface area contributed by atoms with Gasteiger partial charge in [-0.25, -0.2) is 0 Å². The molecule has 1 unspecified atom stereocenters.